The Bertz CT molecular complexity index is 171. The maximum absolute atomic E-state index is 11.5. The minimum Gasteiger partial charge on any atom is -0.465 e. The number of carbonyl (C=O) groups is 1. The Morgan fingerprint density at radius 3 is 2.64 bits per heavy atom. The number of hydrogen-bond donors (Lipinski definition) is 1. The average Bonchev–Trinajstić information content (AvgIpc) is 2.18. The molecule has 1 aliphatic rings. The minimum atomic E-state index is -0.380. The van der Waals surface area contributed by atoms with E-state index in [1.807, 2.05) is 0 Å². The van der Waals surface area contributed by atoms with Crippen LogP contribution in [-0.2, 0) is 9.53 Å². The van der Waals surface area contributed by atoms with Gasteiger partial charge in [0, 0.05) is 6.42 Å². The molecule has 3 heteroatoms. The van der Waals surface area contributed by atoms with E-state index >= 15 is 0 Å². The van der Waals surface area contributed by atoms with Crippen molar-refractivity contribution in [2.75, 3.05) is 6.61 Å². The van der Waals surface area contributed by atoms with E-state index < -0.39 is 0 Å². The molecule has 1 N–H and O–H groups in total. The van der Waals surface area contributed by atoms with Gasteiger partial charge in [0.15, 0.2) is 0 Å². The van der Waals surface area contributed by atoms with E-state index in [9.17, 15) is 4.79 Å². The SMILES string of the molecule is CC(O)CCOC(=O)C1CCCCC1. The monoisotopic (exact) mass is 200 g/mol. The van der Waals surface area contributed by atoms with E-state index in [0.717, 1.165) is 25.7 Å². The molecule has 1 aliphatic carbocycles. The van der Waals surface area contributed by atoms with Crippen molar-refractivity contribution in [3.63, 3.8) is 0 Å². The molecule has 0 amide bonds. The molecule has 0 aromatic carbocycles. The molecular weight excluding hydrogens is 180 g/mol. The summed E-state index contributed by atoms with van der Waals surface area (Å²) < 4.78 is 5.09. The summed E-state index contributed by atoms with van der Waals surface area (Å²) in [4.78, 5) is 11.5. The summed E-state index contributed by atoms with van der Waals surface area (Å²) in [7, 11) is 0. The van der Waals surface area contributed by atoms with Crippen LogP contribution in [-0.4, -0.2) is 23.8 Å². The summed E-state index contributed by atoms with van der Waals surface area (Å²) in [6.45, 7) is 2.06. The molecule has 1 atom stereocenters. The molecule has 1 fully saturated rings. The molecule has 82 valence electrons. The smallest absolute Gasteiger partial charge is 0.308 e. The highest BCUT2D eigenvalue weighted by Crippen LogP contribution is 2.24. The van der Waals surface area contributed by atoms with Gasteiger partial charge in [0.25, 0.3) is 0 Å². The highest BCUT2D eigenvalue weighted by Gasteiger charge is 2.22. The molecule has 0 aromatic rings. The van der Waals surface area contributed by atoms with Crippen molar-refractivity contribution >= 4 is 5.97 Å². The van der Waals surface area contributed by atoms with E-state index in [2.05, 4.69) is 0 Å². The zero-order valence-electron chi connectivity index (χ0n) is 8.87. The minimum absolute atomic E-state index is 0.0645. The van der Waals surface area contributed by atoms with Gasteiger partial charge in [0.05, 0.1) is 18.6 Å². The molecule has 1 saturated carbocycles. The van der Waals surface area contributed by atoms with Crippen molar-refractivity contribution in [3.8, 4) is 0 Å². The maximum Gasteiger partial charge on any atom is 0.308 e. The van der Waals surface area contributed by atoms with Gasteiger partial charge in [-0.05, 0) is 19.8 Å². The van der Waals surface area contributed by atoms with Gasteiger partial charge < -0.3 is 9.84 Å². The lowest BCUT2D eigenvalue weighted by Gasteiger charge is -2.20. The van der Waals surface area contributed by atoms with Crippen molar-refractivity contribution in [1.82, 2.24) is 0 Å². The van der Waals surface area contributed by atoms with Gasteiger partial charge in [-0.3, -0.25) is 4.79 Å². The Labute approximate surface area is 85.5 Å². The molecule has 0 aromatic heterocycles. The Hall–Kier alpha value is -0.570. The molecule has 1 unspecified atom stereocenters. The van der Waals surface area contributed by atoms with Crippen LogP contribution in [0, 0.1) is 5.92 Å². The van der Waals surface area contributed by atoms with Gasteiger partial charge in [0.2, 0.25) is 0 Å². The predicted octanol–water partition coefficient (Wildman–Crippen LogP) is 1.88. The van der Waals surface area contributed by atoms with Crippen LogP contribution in [0.3, 0.4) is 0 Å². The number of hydrogen-bond acceptors (Lipinski definition) is 3. The topological polar surface area (TPSA) is 46.5 Å². The third-order valence-corrected chi connectivity index (χ3v) is 2.72. The number of aliphatic hydroxyl groups is 1. The first kappa shape index (κ1) is 11.5. The Balaban J connectivity index is 2.13. The molecule has 0 heterocycles. The lowest BCUT2D eigenvalue weighted by molar-refractivity contribution is -0.150. The molecular formula is C11H20O3. The van der Waals surface area contributed by atoms with Crippen molar-refractivity contribution in [1.29, 1.82) is 0 Å². The quantitative estimate of drug-likeness (QED) is 0.705. The highest BCUT2D eigenvalue weighted by molar-refractivity contribution is 5.72. The Morgan fingerprint density at radius 1 is 1.43 bits per heavy atom. The van der Waals surface area contributed by atoms with Crippen LogP contribution < -0.4 is 0 Å². The average molecular weight is 200 g/mol. The normalized spacial score (nSPS) is 20.4. The molecule has 3 nitrogen and oxygen atoms in total. The second-order valence-corrected chi connectivity index (χ2v) is 4.14. The van der Waals surface area contributed by atoms with Crippen LogP contribution in [0.15, 0.2) is 0 Å². The van der Waals surface area contributed by atoms with Crippen LogP contribution in [0.4, 0.5) is 0 Å². The fourth-order valence-corrected chi connectivity index (χ4v) is 1.79. The van der Waals surface area contributed by atoms with Crippen LogP contribution in [0.25, 0.3) is 0 Å². The highest BCUT2D eigenvalue weighted by atomic mass is 16.5. The molecule has 0 spiro atoms. The maximum atomic E-state index is 11.5. The van der Waals surface area contributed by atoms with E-state index in [4.69, 9.17) is 9.84 Å². The van der Waals surface area contributed by atoms with Gasteiger partial charge in [-0.2, -0.15) is 0 Å². The first-order valence-electron chi connectivity index (χ1n) is 5.55. The first-order chi connectivity index (χ1) is 6.70. The van der Waals surface area contributed by atoms with Crippen molar-refractivity contribution in [2.24, 2.45) is 5.92 Å². The molecule has 14 heavy (non-hydrogen) atoms. The van der Waals surface area contributed by atoms with E-state index in [0.29, 0.717) is 13.0 Å². The summed E-state index contributed by atoms with van der Waals surface area (Å²) in [5.74, 6) is 0.0584. The van der Waals surface area contributed by atoms with Crippen molar-refractivity contribution < 1.29 is 14.6 Å². The zero-order chi connectivity index (χ0) is 10.4. The standard InChI is InChI=1S/C11H20O3/c1-9(12)7-8-14-11(13)10-5-3-2-4-6-10/h9-10,12H,2-8H2,1H3. The second-order valence-electron chi connectivity index (χ2n) is 4.14. The van der Waals surface area contributed by atoms with Crippen LogP contribution in [0.1, 0.15) is 45.4 Å². The van der Waals surface area contributed by atoms with Gasteiger partial charge in [-0.1, -0.05) is 19.3 Å². The number of carbonyl (C=O) groups excluding carboxylic acids is 1. The number of esters is 1. The van der Waals surface area contributed by atoms with Gasteiger partial charge in [0.1, 0.15) is 0 Å². The van der Waals surface area contributed by atoms with Crippen molar-refractivity contribution in [3.05, 3.63) is 0 Å². The lowest BCUT2D eigenvalue weighted by Crippen LogP contribution is -2.21. The van der Waals surface area contributed by atoms with E-state index in [1.165, 1.54) is 6.42 Å². The summed E-state index contributed by atoms with van der Waals surface area (Å²) in [5, 5.41) is 8.98. The zero-order valence-corrected chi connectivity index (χ0v) is 8.87. The third kappa shape index (κ3) is 4.09. The van der Waals surface area contributed by atoms with Crippen LogP contribution in [0.2, 0.25) is 0 Å². The largest absolute Gasteiger partial charge is 0.465 e. The summed E-state index contributed by atoms with van der Waals surface area (Å²) in [5.41, 5.74) is 0. The molecule has 1 rings (SSSR count). The predicted molar refractivity (Wildman–Crippen MR) is 53.8 cm³/mol. The fraction of sp³-hybridized carbons (Fsp3) is 0.909. The first-order valence-corrected chi connectivity index (χ1v) is 5.55. The van der Waals surface area contributed by atoms with Crippen LogP contribution in [0.5, 0.6) is 0 Å². The van der Waals surface area contributed by atoms with Gasteiger partial charge >= 0.3 is 5.97 Å². The number of rotatable bonds is 4. The van der Waals surface area contributed by atoms with E-state index in [-0.39, 0.29) is 18.0 Å². The summed E-state index contributed by atoms with van der Waals surface area (Å²) in [6.07, 6.45) is 5.66. The van der Waals surface area contributed by atoms with Crippen LogP contribution >= 0.6 is 0 Å². The lowest BCUT2D eigenvalue weighted by atomic mass is 9.89. The van der Waals surface area contributed by atoms with E-state index in [1.54, 1.807) is 6.92 Å². The molecule has 0 aliphatic heterocycles. The number of aliphatic hydroxyl groups excluding tert-OH is 1. The Kier molecular flexibility index (Phi) is 4.94. The number of ether oxygens (including phenoxy) is 1. The molecule has 0 saturated heterocycles. The summed E-state index contributed by atoms with van der Waals surface area (Å²) in [6, 6.07) is 0. The van der Waals surface area contributed by atoms with Crippen molar-refractivity contribution in [2.45, 2.75) is 51.6 Å². The van der Waals surface area contributed by atoms with Gasteiger partial charge in [-0.15, -0.1) is 0 Å². The fourth-order valence-electron chi connectivity index (χ4n) is 1.79. The molecule has 0 bridgehead atoms. The van der Waals surface area contributed by atoms with Gasteiger partial charge in [-0.25, -0.2) is 0 Å². The molecule has 0 radical (unpaired) electrons. The Morgan fingerprint density at radius 2 is 2.07 bits per heavy atom. The summed E-state index contributed by atoms with van der Waals surface area (Å²) >= 11 is 0. The second kappa shape index (κ2) is 6.02. The third-order valence-electron chi connectivity index (χ3n) is 2.72.